The number of hydrogen-bond donors (Lipinski definition) is 1. The molecule has 0 aliphatic rings. The molecule has 0 bridgehead atoms. The zero-order chi connectivity index (χ0) is 15.7. The van der Waals surface area contributed by atoms with E-state index in [1.165, 1.54) is 12.1 Å². The Morgan fingerprint density at radius 2 is 1.74 bits per heavy atom. The summed E-state index contributed by atoms with van der Waals surface area (Å²) in [5, 5.41) is 12.5. The van der Waals surface area contributed by atoms with Crippen LogP contribution in [0.25, 0.3) is 10.9 Å². The first kappa shape index (κ1) is 17.7. The van der Waals surface area contributed by atoms with Crippen LogP contribution in [0.2, 0.25) is 5.02 Å². The largest absolute Gasteiger partial charge is 0.354 e. The van der Waals surface area contributed by atoms with Crippen LogP contribution in [-0.4, -0.2) is 18.6 Å². The number of benzene rings is 2. The number of aromatic nitrogens is 2. The van der Waals surface area contributed by atoms with Crippen molar-refractivity contribution >= 4 is 66.0 Å². The third-order valence-electron chi connectivity index (χ3n) is 3.02. The number of fused-ring (bicyclic) bond motifs is 1. The molecule has 23 heavy (non-hydrogen) atoms. The van der Waals surface area contributed by atoms with E-state index < -0.39 is 9.05 Å². The lowest BCUT2D eigenvalue weighted by Crippen LogP contribution is -1.96. The molecule has 1 heterocycles. The lowest BCUT2D eigenvalue weighted by molar-refractivity contribution is 0.609. The van der Waals surface area contributed by atoms with Crippen molar-refractivity contribution in [3.63, 3.8) is 0 Å². The second kappa shape index (κ2) is 6.88. The van der Waals surface area contributed by atoms with Gasteiger partial charge in [0.25, 0.3) is 9.05 Å². The molecule has 0 fully saturated rings. The average Bonchev–Trinajstić information content (AvgIpc) is 2.47. The van der Waals surface area contributed by atoms with E-state index in [1.807, 2.05) is 6.07 Å². The predicted molar refractivity (Wildman–Crippen MR) is 94.6 cm³/mol. The number of hydrogen-bond acceptors (Lipinski definition) is 5. The Kier molecular flexibility index (Phi) is 5.31. The van der Waals surface area contributed by atoms with E-state index in [2.05, 4.69) is 15.5 Å². The van der Waals surface area contributed by atoms with Gasteiger partial charge in [-0.15, -0.1) is 12.4 Å². The van der Waals surface area contributed by atoms with Crippen molar-refractivity contribution < 1.29 is 8.42 Å². The smallest absolute Gasteiger partial charge is 0.261 e. The number of anilines is 2. The summed E-state index contributed by atoms with van der Waals surface area (Å²) >= 11 is 5.93. The second-order valence-electron chi connectivity index (χ2n) is 4.51. The monoisotopic (exact) mass is 389 g/mol. The second-order valence-corrected chi connectivity index (χ2v) is 7.51. The number of nitrogens with zero attached hydrogens (tertiary/aromatic N) is 2. The summed E-state index contributed by atoms with van der Waals surface area (Å²) < 4.78 is 22.4. The van der Waals surface area contributed by atoms with Gasteiger partial charge in [0.2, 0.25) is 0 Å². The van der Waals surface area contributed by atoms with Crippen LogP contribution < -0.4 is 5.32 Å². The molecule has 1 N–H and O–H groups in total. The highest BCUT2D eigenvalue weighted by Crippen LogP contribution is 2.27. The molecule has 3 aromatic rings. The van der Waals surface area contributed by atoms with E-state index >= 15 is 0 Å². The van der Waals surface area contributed by atoms with Gasteiger partial charge in [-0.25, -0.2) is 8.42 Å². The maximum atomic E-state index is 11.2. The fourth-order valence-electron chi connectivity index (χ4n) is 1.99. The number of rotatable bonds is 3. The zero-order valence-corrected chi connectivity index (χ0v) is 14.5. The van der Waals surface area contributed by atoms with Gasteiger partial charge in [-0.05, 0) is 42.5 Å². The topological polar surface area (TPSA) is 72.0 Å². The van der Waals surface area contributed by atoms with Gasteiger partial charge in [-0.2, -0.15) is 10.2 Å². The molecule has 0 radical (unpaired) electrons. The quantitative estimate of drug-likeness (QED) is 0.672. The third-order valence-corrected chi connectivity index (χ3v) is 4.62. The first-order valence-corrected chi connectivity index (χ1v) is 8.85. The molecule has 0 atom stereocenters. The van der Waals surface area contributed by atoms with Crippen molar-refractivity contribution in [2.24, 2.45) is 0 Å². The highest BCUT2D eigenvalue weighted by Gasteiger charge is 2.09. The minimum absolute atomic E-state index is 0. The molecule has 0 spiro atoms. The Labute approximate surface area is 148 Å². The third kappa shape index (κ3) is 4.03. The molecule has 0 unspecified atom stereocenters. The van der Waals surface area contributed by atoms with Crippen LogP contribution >= 0.6 is 34.7 Å². The maximum absolute atomic E-state index is 11.2. The Morgan fingerprint density at radius 3 is 2.39 bits per heavy atom. The molecule has 0 saturated carbocycles. The molecule has 3 rings (SSSR count). The summed E-state index contributed by atoms with van der Waals surface area (Å²) in [6, 6.07) is 11.4. The van der Waals surface area contributed by atoms with Crippen LogP contribution in [0.1, 0.15) is 0 Å². The van der Waals surface area contributed by atoms with Crippen molar-refractivity contribution in [1.29, 1.82) is 0 Å². The Morgan fingerprint density at radius 1 is 1.04 bits per heavy atom. The molecule has 5 nitrogen and oxygen atoms in total. The van der Waals surface area contributed by atoms with E-state index in [-0.39, 0.29) is 17.3 Å². The Balaban J connectivity index is 0.00000192. The van der Waals surface area contributed by atoms with E-state index in [4.69, 9.17) is 22.3 Å². The van der Waals surface area contributed by atoms with Crippen LogP contribution in [0.3, 0.4) is 0 Å². The number of halogens is 3. The minimum Gasteiger partial charge on any atom is -0.354 e. The van der Waals surface area contributed by atoms with E-state index in [0.29, 0.717) is 16.2 Å². The summed E-state index contributed by atoms with van der Waals surface area (Å²) in [6.45, 7) is 0. The standard InChI is InChI=1S/C14H9Cl2N3O2S.ClH/c15-9-1-6-12-13(7-9)19-17-8-14(12)18-10-2-4-11(5-3-10)22(16,20)21;/h1-8H,(H,18,19);1H. The fraction of sp³-hybridized carbons (Fsp3) is 0. The Hall–Kier alpha value is -1.60. The van der Waals surface area contributed by atoms with E-state index in [0.717, 1.165) is 11.1 Å². The normalized spacial score (nSPS) is 11.0. The molecule has 0 saturated heterocycles. The summed E-state index contributed by atoms with van der Waals surface area (Å²) in [6.07, 6.45) is 1.59. The fourth-order valence-corrected chi connectivity index (χ4v) is 2.93. The van der Waals surface area contributed by atoms with Crippen LogP contribution in [0.4, 0.5) is 11.4 Å². The molecule has 2 aromatic carbocycles. The molecule has 0 aliphatic carbocycles. The Bertz CT molecular complexity index is 947. The molecule has 9 heteroatoms. The molecule has 0 amide bonds. The first-order valence-electron chi connectivity index (χ1n) is 6.16. The van der Waals surface area contributed by atoms with Crippen molar-refractivity contribution in [2.75, 3.05) is 5.32 Å². The van der Waals surface area contributed by atoms with Crippen LogP contribution in [0, 0.1) is 0 Å². The summed E-state index contributed by atoms with van der Waals surface area (Å²) in [5.74, 6) is 0. The summed E-state index contributed by atoms with van der Waals surface area (Å²) in [4.78, 5) is 0.0456. The summed E-state index contributed by atoms with van der Waals surface area (Å²) in [5.41, 5.74) is 2.11. The van der Waals surface area contributed by atoms with Crippen molar-refractivity contribution in [1.82, 2.24) is 10.2 Å². The zero-order valence-electron chi connectivity index (χ0n) is 11.4. The van der Waals surface area contributed by atoms with Gasteiger partial charge in [0.1, 0.15) is 0 Å². The van der Waals surface area contributed by atoms with Gasteiger partial charge in [-0.3, -0.25) is 0 Å². The molecular weight excluding hydrogens is 381 g/mol. The van der Waals surface area contributed by atoms with Crippen LogP contribution in [-0.2, 0) is 9.05 Å². The molecule has 120 valence electrons. The first-order chi connectivity index (χ1) is 10.4. The summed E-state index contributed by atoms with van der Waals surface area (Å²) in [7, 11) is 1.56. The molecule has 1 aromatic heterocycles. The van der Waals surface area contributed by atoms with E-state index in [1.54, 1.807) is 30.5 Å². The van der Waals surface area contributed by atoms with Gasteiger partial charge in [0, 0.05) is 26.8 Å². The minimum atomic E-state index is -3.72. The number of nitrogens with one attached hydrogen (secondary N) is 1. The SMILES string of the molecule is Cl.O=S(=O)(Cl)c1ccc(Nc2cnnc3cc(Cl)ccc23)cc1. The van der Waals surface area contributed by atoms with E-state index in [9.17, 15) is 8.42 Å². The van der Waals surface area contributed by atoms with Crippen molar-refractivity contribution in [3.05, 3.63) is 53.7 Å². The van der Waals surface area contributed by atoms with Gasteiger partial charge < -0.3 is 5.32 Å². The molecular formula is C14H10Cl3N3O2S. The molecule has 0 aliphatic heterocycles. The van der Waals surface area contributed by atoms with Gasteiger partial charge in [0.05, 0.1) is 22.3 Å². The van der Waals surface area contributed by atoms with Gasteiger partial charge >= 0.3 is 0 Å². The van der Waals surface area contributed by atoms with Gasteiger partial charge in [0.15, 0.2) is 0 Å². The average molecular weight is 391 g/mol. The van der Waals surface area contributed by atoms with Gasteiger partial charge in [-0.1, -0.05) is 11.6 Å². The van der Waals surface area contributed by atoms with Crippen molar-refractivity contribution in [2.45, 2.75) is 4.90 Å². The van der Waals surface area contributed by atoms with Crippen LogP contribution in [0.15, 0.2) is 53.6 Å². The van der Waals surface area contributed by atoms with Crippen molar-refractivity contribution in [3.8, 4) is 0 Å². The highest BCUT2D eigenvalue weighted by molar-refractivity contribution is 8.13. The van der Waals surface area contributed by atoms with Crippen LogP contribution in [0.5, 0.6) is 0 Å². The highest BCUT2D eigenvalue weighted by atomic mass is 35.7. The lowest BCUT2D eigenvalue weighted by atomic mass is 10.2. The lowest BCUT2D eigenvalue weighted by Gasteiger charge is -2.09. The predicted octanol–water partition coefficient (Wildman–Crippen LogP) is 4.38. The maximum Gasteiger partial charge on any atom is 0.261 e.